The lowest BCUT2D eigenvalue weighted by Gasteiger charge is -2.21. The SMILES string of the molecule is CCOc1cc(C=Nn2c(C(C)(C)C)nc3ccc(Br)cc3c2=O)c(Br)c(Br)c1O[C@H](C)CC. The molecule has 1 atom stereocenters. The first-order valence-electron chi connectivity index (χ1n) is 11.1. The standard InChI is InChI=1S/C25H28Br3N3O3/c1-7-14(3)34-22-19(33-8-2)11-15(20(27)21(22)28)13-29-31-23(32)17-12-16(26)9-10-18(17)30-24(31)25(4,5)6/h9-14H,7-8H2,1-6H3/t14-/m1/s1. The molecule has 0 aliphatic rings. The average molecular weight is 658 g/mol. The lowest BCUT2D eigenvalue weighted by atomic mass is 9.95. The van der Waals surface area contributed by atoms with Crippen LogP contribution in [0.1, 0.15) is 59.4 Å². The molecule has 3 rings (SSSR count). The highest BCUT2D eigenvalue weighted by Crippen LogP contribution is 2.43. The molecule has 0 fully saturated rings. The fourth-order valence-electron chi connectivity index (χ4n) is 3.22. The summed E-state index contributed by atoms with van der Waals surface area (Å²) in [5.41, 5.74) is 0.732. The minimum atomic E-state index is -0.403. The number of halogens is 3. The molecule has 2 aromatic carbocycles. The van der Waals surface area contributed by atoms with Crippen molar-refractivity contribution in [3.8, 4) is 11.5 Å². The second-order valence-corrected chi connectivity index (χ2v) is 11.4. The average Bonchev–Trinajstić information content (AvgIpc) is 2.78. The van der Waals surface area contributed by atoms with Crippen LogP contribution in [0.15, 0.2) is 47.6 Å². The number of hydrogen-bond acceptors (Lipinski definition) is 5. The van der Waals surface area contributed by atoms with Crippen LogP contribution in [0.2, 0.25) is 0 Å². The van der Waals surface area contributed by atoms with Crippen LogP contribution in [0.25, 0.3) is 10.9 Å². The highest BCUT2D eigenvalue weighted by molar-refractivity contribution is 9.13. The number of benzene rings is 2. The molecule has 0 saturated heterocycles. The summed E-state index contributed by atoms with van der Waals surface area (Å²) in [4.78, 5) is 18.2. The molecule has 0 unspecified atom stereocenters. The van der Waals surface area contributed by atoms with Crippen molar-refractivity contribution in [3.05, 3.63) is 59.4 Å². The van der Waals surface area contributed by atoms with E-state index in [9.17, 15) is 4.79 Å². The zero-order valence-electron chi connectivity index (χ0n) is 20.1. The predicted molar refractivity (Wildman–Crippen MR) is 149 cm³/mol. The molecule has 0 aliphatic heterocycles. The maximum absolute atomic E-state index is 13.4. The van der Waals surface area contributed by atoms with E-state index in [1.54, 1.807) is 12.3 Å². The molecule has 0 radical (unpaired) electrons. The van der Waals surface area contributed by atoms with Crippen molar-refractivity contribution in [1.82, 2.24) is 9.66 Å². The zero-order valence-corrected chi connectivity index (χ0v) is 24.8. The Balaban J connectivity index is 2.19. The van der Waals surface area contributed by atoms with Crippen LogP contribution < -0.4 is 15.0 Å². The monoisotopic (exact) mass is 655 g/mol. The van der Waals surface area contributed by atoms with E-state index >= 15 is 0 Å². The Morgan fingerprint density at radius 1 is 1.15 bits per heavy atom. The van der Waals surface area contributed by atoms with Crippen LogP contribution in [-0.2, 0) is 5.41 Å². The van der Waals surface area contributed by atoms with Gasteiger partial charge in [-0.25, -0.2) is 4.98 Å². The first-order chi connectivity index (χ1) is 16.0. The number of ether oxygens (including phenoxy) is 2. The first-order valence-corrected chi connectivity index (χ1v) is 13.4. The summed E-state index contributed by atoms with van der Waals surface area (Å²) in [6.07, 6.45) is 2.52. The van der Waals surface area contributed by atoms with Crippen LogP contribution >= 0.6 is 47.8 Å². The van der Waals surface area contributed by atoms with Gasteiger partial charge in [0.15, 0.2) is 11.5 Å². The van der Waals surface area contributed by atoms with Crippen molar-refractivity contribution in [2.75, 3.05) is 6.61 Å². The van der Waals surface area contributed by atoms with E-state index in [1.807, 2.05) is 52.8 Å². The number of rotatable bonds is 7. The van der Waals surface area contributed by atoms with E-state index in [0.717, 1.165) is 25.4 Å². The summed E-state index contributed by atoms with van der Waals surface area (Å²) in [5.74, 6) is 1.80. The van der Waals surface area contributed by atoms with Crippen molar-refractivity contribution in [3.63, 3.8) is 0 Å². The molecule has 9 heteroatoms. The third-order valence-corrected chi connectivity index (χ3v) is 7.78. The van der Waals surface area contributed by atoms with E-state index in [1.165, 1.54) is 4.68 Å². The minimum absolute atomic E-state index is 0.0258. The van der Waals surface area contributed by atoms with Crippen LogP contribution in [0.3, 0.4) is 0 Å². The maximum Gasteiger partial charge on any atom is 0.282 e. The van der Waals surface area contributed by atoms with Crippen LogP contribution in [0, 0.1) is 0 Å². The molecular weight excluding hydrogens is 630 g/mol. The van der Waals surface area contributed by atoms with Crippen LogP contribution in [0.5, 0.6) is 11.5 Å². The summed E-state index contributed by atoms with van der Waals surface area (Å²) in [5, 5.41) is 5.08. The van der Waals surface area contributed by atoms with Crippen molar-refractivity contribution >= 4 is 64.9 Å². The molecule has 0 spiro atoms. The molecular formula is C25H28Br3N3O3. The maximum atomic E-state index is 13.4. The van der Waals surface area contributed by atoms with Gasteiger partial charge >= 0.3 is 0 Å². The Hall–Kier alpha value is -1.71. The van der Waals surface area contributed by atoms with Crippen molar-refractivity contribution in [1.29, 1.82) is 0 Å². The Morgan fingerprint density at radius 3 is 2.47 bits per heavy atom. The molecule has 0 N–H and O–H groups in total. The third kappa shape index (κ3) is 5.74. The summed E-state index contributed by atoms with van der Waals surface area (Å²) in [6, 6.07) is 7.33. The van der Waals surface area contributed by atoms with Gasteiger partial charge in [0, 0.05) is 19.9 Å². The van der Waals surface area contributed by atoms with E-state index < -0.39 is 5.41 Å². The second kappa shape index (κ2) is 10.9. The molecule has 0 bridgehead atoms. The van der Waals surface area contributed by atoms with Gasteiger partial charge in [-0.1, -0.05) is 43.6 Å². The molecule has 0 amide bonds. The number of aromatic nitrogens is 2. The summed E-state index contributed by atoms with van der Waals surface area (Å²) in [7, 11) is 0. The highest BCUT2D eigenvalue weighted by atomic mass is 79.9. The first kappa shape index (κ1) is 26.9. The minimum Gasteiger partial charge on any atom is -0.490 e. The van der Waals surface area contributed by atoms with Crippen LogP contribution in [-0.4, -0.2) is 28.6 Å². The molecule has 1 aromatic heterocycles. The molecule has 34 heavy (non-hydrogen) atoms. The molecule has 0 saturated carbocycles. The highest BCUT2D eigenvalue weighted by Gasteiger charge is 2.23. The van der Waals surface area contributed by atoms with Gasteiger partial charge in [0.05, 0.1) is 34.3 Å². The Bertz CT molecular complexity index is 1300. The zero-order chi connectivity index (χ0) is 25.2. The summed E-state index contributed by atoms with van der Waals surface area (Å²) >= 11 is 10.7. The van der Waals surface area contributed by atoms with Crippen LogP contribution in [0.4, 0.5) is 0 Å². The lowest BCUT2D eigenvalue weighted by Crippen LogP contribution is -2.29. The quantitative estimate of drug-likeness (QED) is 0.248. The van der Waals surface area contributed by atoms with Gasteiger partial charge in [0.1, 0.15) is 5.82 Å². The molecule has 0 aliphatic carbocycles. The van der Waals surface area contributed by atoms with Crippen molar-refractivity contribution in [2.24, 2.45) is 5.10 Å². The van der Waals surface area contributed by atoms with E-state index in [2.05, 4.69) is 59.8 Å². The summed E-state index contributed by atoms with van der Waals surface area (Å²) in [6.45, 7) is 12.5. The van der Waals surface area contributed by atoms with Gasteiger partial charge in [-0.3, -0.25) is 4.79 Å². The Kier molecular flexibility index (Phi) is 8.63. The molecule has 182 valence electrons. The Labute approximate surface area is 225 Å². The number of nitrogens with zero attached hydrogens (tertiary/aromatic N) is 3. The lowest BCUT2D eigenvalue weighted by molar-refractivity contribution is 0.201. The fourth-order valence-corrected chi connectivity index (χ4v) is 4.49. The van der Waals surface area contributed by atoms with Gasteiger partial charge in [0.2, 0.25) is 0 Å². The van der Waals surface area contributed by atoms with Crippen molar-refractivity contribution in [2.45, 2.75) is 59.5 Å². The van der Waals surface area contributed by atoms with Gasteiger partial charge in [-0.15, -0.1) is 0 Å². The summed E-state index contributed by atoms with van der Waals surface area (Å²) < 4.78 is 15.6. The van der Waals surface area contributed by atoms with E-state index in [4.69, 9.17) is 14.5 Å². The molecule has 1 heterocycles. The second-order valence-electron chi connectivity index (χ2n) is 8.90. The van der Waals surface area contributed by atoms with Gasteiger partial charge in [-0.05, 0) is 76.4 Å². The fraction of sp³-hybridized carbons (Fsp3) is 0.400. The van der Waals surface area contributed by atoms with Gasteiger partial charge in [-0.2, -0.15) is 9.78 Å². The topological polar surface area (TPSA) is 65.7 Å². The largest absolute Gasteiger partial charge is 0.490 e. The van der Waals surface area contributed by atoms with Gasteiger partial charge in [0.25, 0.3) is 5.56 Å². The predicted octanol–water partition coefficient (Wildman–Crippen LogP) is 7.44. The molecule has 6 nitrogen and oxygen atoms in total. The third-order valence-electron chi connectivity index (χ3n) is 5.14. The van der Waals surface area contributed by atoms with Gasteiger partial charge < -0.3 is 9.47 Å². The number of hydrogen-bond donors (Lipinski definition) is 0. The smallest absolute Gasteiger partial charge is 0.282 e. The van der Waals surface area contributed by atoms with E-state index in [-0.39, 0.29) is 11.7 Å². The normalized spacial score (nSPS) is 13.0. The van der Waals surface area contributed by atoms with E-state index in [0.29, 0.717) is 34.8 Å². The number of fused-ring (bicyclic) bond motifs is 1. The van der Waals surface area contributed by atoms with Crippen molar-refractivity contribution < 1.29 is 9.47 Å². The Morgan fingerprint density at radius 2 is 1.85 bits per heavy atom. The molecule has 3 aromatic rings.